The van der Waals surface area contributed by atoms with Crippen molar-refractivity contribution in [2.24, 2.45) is 5.92 Å². The van der Waals surface area contributed by atoms with Gasteiger partial charge in [0.2, 0.25) is 0 Å². The van der Waals surface area contributed by atoms with Crippen molar-refractivity contribution < 1.29 is 32.6 Å². The number of sulfonamides is 1. The number of benzene rings is 2. The summed E-state index contributed by atoms with van der Waals surface area (Å²) in [7, 11) is -2.11. The van der Waals surface area contributed by atoms with Gasteiger partial charge in [-0.2, -0.15) is 0 Å². The molecule has 0 radical (unpaired) electrons. The molecular weight excluding hydrogens is 615 g/mol. The Morgan fingerprint density at radius 2 is 1.89 bits per heavy atom. The van der Waals surface area contributed by atoms with Gasteiger partial charge >= 0.3 is 0 Å². The summed E-state index contributed by atoms with van der Waals surface area (Å²) in [6, 6.07) is 16.3. The molecule has 0 spiro atoms. The number of hydrogen-bond acceptors (Lipinski definition) is 8. The molecule has 0 fully saturated rings. The van der Waals surface area contributed by atoms with Crippen LogP contribution in [-0.4, -0.2) is 86.7 Å². The lowest BCUT2D eigenvalue weighted by molar-refractivity contribution is -0.0149. The van der Waals surface area contributed by atoms with Crippen molar-refractivity contribution in [3.8, 4) is 5.75 Å². The zero-order chi connectivity index (χ0) is 32.6. The molecule has 12 heteroatoms. The molecule has 1 aliphatic heterocycles. The van der Waals surface area contributed by atoms with E-state index in [0.29, 0.717) is 30.9 Å². The lowest BCUT2D eigenvalue weighted by Gasteiger charge is -2.36. The van der Waals surface area contributed by atoms with Gasteiger partial charge in [-0.15, -0.1) is 11.3 Å². The van der Waals surface area contributed by atoms with Gasteiger partial charge in [0.15, 0.2) is 0 Å². The second-order valence-corrected chi connectivity index (χ2v) is 14.5. The van der Waals surface area contributed by atoms with Gasteiger partial charge in [0, 0.05) is 43.9 Å². The van der Waals surface area contributed by atoms with E-state index < -0.39 is 22.0 Å². The molecule has 10 nitrogen and oxygen atoms in total. The fraction of sp³-hybridized carbons (Fsp3) is 0.455. The number of nitrogens with one attached hydrogen (secondary N) is 1. The Hall–Kier alpha value is -3.45. The number of nitrogens with zero attached hydrogens (tertiary/aromatic N) is 2. The van der Waals surface area contributed by atoms with E-state index in [1.165, 1.54) is 12.1 Å². The second-order valence-electron chi connectivity index (χ2n) is 11.6. The van der Waals surface area contributed by atoms with Crippen molar-refractivity contribution in [2.75, 3.05) is 38.1 Å². The first-order valence-corrected chi connectivity index (χ1v) is 17.6. The molecule has 244 valence electrons. The third-order valence-electron chi connectivity index (χ3n) is 7.88. The highest BCUT2D eigenvalue weighted by molar-refractivity contribution is 7.94. The first kappa shape index (κ1) is 34.4. The van der Waals surface area contributed by atoms with Crippen molar-refractivity contribution in [1.82, 2.24) is 9.80 Å². The Balaban J connectivity index is 1.65. The van der Waals surface area contributed by atoms with E-state index in [-0.39, 0.29) is 52.6 Å². The van der Waals surface area contributed by atoms with Crippen LogP contribution in [0.25, 0.3) is 0 Å². The molecule has 0 unspecified atom stereocenters. The minimum absolute atomic E-state index is 0.125. The van der Waals surface area contributed by atoms with E-state index in [4.69, 9.17) is 9.47 Å². The average molecular weight is 658 g/mol. The molecule has 2 amide bonds. The molecular formula is C33H43N3O7S2. The third kappa shape index (κ3) is 9.06. The number of aliphatic hydroxyl groups excluding tert-OH is 1. The highest BCUT2D eigenvalue weighted by atomic mass is 32.2. The molecule has 4 atom stereocenters. The summed E-state index contributed by atoms with van der Waals surface area (Å²) < 4.78 is 41.2. The van der Waals surface area contributed by atoms with E-state index in [9.17, 15) is 23.1 Å². The van der Waals surface area contributed by atoms with Gasteiger partial charge in [0.05, 0.1) is 30.4 Å². The highest BCUT2D eigenvalue weighted by Crippen LogP contribution is 2.30. The zero-order valence-electron chi connectivity index (χ0n) is 26.2. The van der Waals surface area contributed by atoms with Crippen LogP contribution in [0.3, 0.4) is 0 Å². The van der Waals surface area contributed by atoms with E-state index >= 15 is 0 Å². The van der Waals surface area contributed by atoms with E-state index in [1.54, 1.807) is 59.5 Å². The van der Waals surface area contributed by atoms with Crippen molar-refractivity contribution in [3.05, 3.63) is 77.2 Å². The van der Waals surface area contributed by atoms with Crippen molar-refractivity contribution >= 4 is 38.9 Å². The Morgan fingerprint density at radius 3 is 2.58 bits per heavy atom. The summed E-state index contributed by atoms with van der Waals surface area (Å²) in [5.74, 6) is -0.416. The van der Waals surface area contributed by atoms with Crippen LogP contribution in [0.1, 0.15) is 60.7 Å². The van der Waals surface area contributed by atoms with Crippen LogP contribution in [-0.2, 0) is 14.8 Å². The van der Waals surface area contributed by atoms with Gasteiger partial charge in [0.25, 0.3) is 21.8 Å². The molecule has 2 heterocycles. The highest BCUT2D eigenvalue weighted by Gasteiger charge is 2.31. The molecule has 2 aromatic carbocycles. The lowest BCUT2D eigenvalue weighted by atomic mass is 10.0. The van der Waals surface area contributed by atoms with E-state index in [0.717, 1.165) is 24.2 Å². The maximum Gasteiger partial charge on any atom is 0.271 e. The number of carbonyl (C=O) groups is 2. The Labute approximate surface area is 270 Å². The number of hydrogen-bond donors (Lipinski definition) is 2. The number of ether oxygens (including phenoxy) is 2. The van der Waals surface area contributed by atoms with Crippen LogP contribution in [0.2, 0.25) is 0 Å². The summed E-state index contributed by atoms with van der Waals surface area (Å²) in [6.07, 6.45) is 1.73. The molecule has 1 aliphatic rings. The summed E-state index contributed by atoms with van der Waals surface area (Å²) in [5.41, 5.74) is 0.988. The Bertz CT molecular complexity index is 1520. The Kier molecular flexibility index (Phi) is 12.0. The predicted molar refractivity (Wildman–Crippen MR) is 175 cm³/mol. The van der Waals surface area contributed by atoms with Gasteiger partial charge in [-0.1, -0.05) is 31.2 Å². The summed E-state index contributed by atoms with van der Waals surface area (Å²) in [4.78, 5) is 30.6. The maximum atomic E-state index is 14.3. The molecule has 0 saturated carbocycles. The standard InChI is InChI=1S/C33H43N3O7S2/c1-23-20-36(24(2)22-37)33(39)28-19-27(34-45(40,41)31-14-10-18-44-31)15-16-29(28)43-25(3)11-8-9-17-42-30(23)21-35(4)32(38)26-12-6-5-7-13-26/h5-7,10,12-16,18-19,23-25,30,34,37H,8-9,11,17,20-22H2,1-4H3/t23-,24+,25-,30-/m0/s1. The monoisotopic (exact) mass is 657 g/mol. The molecule has 2 N–H and O–H groups in total. The third-order valence-corrected chi connectivity index (χ3v) is 10.7. The van der Waals surface area contributed by atoms with Crippen molar-refractivity contribution in [1.29, 1.82) is 0 Å². The minimum atomic E-state index is -3.85. The predicted octanol–water partition coefficient (Wildman–Crippen LogP) is 5.12. The van der Waals surface area contributed by atoms with Gasteiger partial charge in [-0.05, 0) is 74.9 Å². The molecule has 45 heavy (non-hydrogen) atoms. The van der Waals surface area contributed by atoms with Crippen molar-refractivity contribution in [3.63, 3.8) is 0 Å². The number of carbonyl (C=O) groups excluding carboxylic acids is 2. The first-order chi connectivity index (χ1) is 21.5. The van der Waals surface area contributed by atoms with Crippen LogP contribution in [0.4, 0.5) is 5.69 Å². The average Bonchev–Trinajstić information content (AvgIpc) is 3.59. The minimum Gasteiger partial charge on any atom is -0.490 e. The van der Waals surface area contributed by atoms with Crippen LogP contribution < -0.4 is 9.46 Å². The zero-order valence-corrected chi connectivity index (χ0v) is 27.9. The summed E-state index contributed by atoms with van der Waals surface area (Å²) >= 11 is 1.10. The number of likely N-dealkylation sites (N-methyl/N-ethyl adjacent to an activating group) is 1. The fourth-order valence-corrected chi connectivity index (χ4v) is 7.27. The summed E-state index contributed by atoms with van der Waals surface area (Å²) in [6.45, 7) is 6.38. The SMILES string of the molecule is C[C@H](CO)N1C[C@H](C)[C@H](CN(C)C(=O)c2ccccc2)OCCCC[C@H](C)Oc2ccc(NS(=O)(=O)c3cccs3)cc2C1=O. The normalized spacial score (nSPS) is 20.8. The number of amides is 2. The number of thiophene rings is 1. The molecule has 0 bridgehead atoms. The number of anilines is 1. The van der Waals surface area contributed by atoms with Gasteiger partial charge < -0.3 is 24.4 Å². The van der Waals surface area contributed by atoms with E-state index in [2.05, 4.69) is 4.72 Å². The van der Waals surface area contributed by atoms with Gasteiger partial charge in [-0.3, -0.25) is 14.3 Å². The number of aliphatic hydroxyl groups is 1. The van der Waals surface area contributed by atoms with Crippen LogP contribution in [0.15, 0.2) is 70.3 Å². The topological polar surface area (TPSA) is 125 Å². The number of fused-ring (bicyclic) bond motifs is 1. The lowest BCUT2D eigenvalue weighted by Crippen LogP contribution is -2.48. The van der Waals surface area contributed by atoms with Crippen LogP contribution in [0, 0.1) is 5.92 Å². The smallest absolute Gasteiger partial charge is 0.271 e. The number of rotatable bonds is 8. The molecule has 4 rings (SSSR count). The molecule has 3 aromatic rings. The van der Waals surface area contributed by atoms with Gasteiger partial charge in [-0.25, -0.2) is 8.42 Å². The van der Waals surface area contributed by atoms with Crippen LogP contribution >= 0.6 is 11.3 Å². The Morgan fingerprint density at radius 1 is 1.13 bits per heavy atom. The quantitative estimate of drug-likeness (QED) is 0.345. The van der Waals surface area contributed by atoms with Crippen molar-refractivity contribution in [2.45, 2.75) is 62.5 Å². The summed E-state index contributed by atoms with van der Waals surface area (Å²) in [5, 5.41) is 11.9. The first-order valence-electron chi connectivity index (χ1n) is 15.2. The molecule has 0 saturated heterocycles. The molecule has 1 aromatic heterocycles. The largest absolute Gasteiger partial charge is 0.490 e. The molecule has 0 aliphatic carbocycles. The maximum absolute atomic E-state index is 14.3. The second kappa shape index (κ2) is 15.7. The fourth-order valence-electron chi connectivity index (χ4n) is 5.22. The van der Waals surface area contributed by atoms with Crippen LogP contribution in [0.5, 0.6) is 5.75 Å². The van der Waals surface area contributed by atoms with E-state index in [1.807, 2.05) is 32.0 Å². The van der Waals surface area contributed by atoms with Gasteiger partial charge in [0.1, 0.15) is 9.96 Å².